The molecule has 8 nitrogen and oxygen atoms in total. The van der Waals surface area contributed by atoms with Crippen molar-refractivity contribution in [2.45, 2.75) is 24.9 Å². The van der Waals surface area contributed by atoms with E-state index >= 15 is 0 Å². The Balaban J connectivity index is 2.13. The van der Waals surface area contributed by atoms with Gasteiger partial charge in [-0.2, -0.15) is 13.2 Å². The molecule has 3 aromatic heterocycles. The molecule has 0 aliphatic carbocycles. The molecule has 0 bridgehead atoms. The van der Waals surface area contributed by atoms with Gasteiger partial charge in [0.05, 0.1) is 11.3 Å². The van der Waals surface area contributed by atoms with Crippen LogP contribution in [-0.2, 0) is 24.4 Å². The zero-order valence-corrected chi connectivity index (χ0v) is 17.3. The van der Waals surface area contributed by atoms with Crippen molar-refractivity contribution in [1.29, 1.82) is 0 Å². The molecule has 0 fully saturated rings. The molecular weight excluding hydrogens is 419 g/mol. The maximum atomic E-state index is 13.0. The number of rotatable bonds is 6. The van der Waals surface area contributed by atoms with Crippen molar-refractivity contribution >= 4 is 22.7 Å². The third-order valence-corrected chi connectivity index (χ3v) is 5.62. The molecular formula is C18H20F3N7OS. The average molecular weight is 439 g/mol. The first kappa shape index (κ1) is 21.8. The van der Waals surface area contributed by atoms with Gasteiger partial charge in [-0.05, 0) is 37.2 Å². The van der Waals surface area contributed by atoms with Crippen molar-refractivity contribution < 1.29 is 17.7 Å². The summed E-state index contributed by atoms with van der Waals surface area (Å²) < 4.78 is 53.2. The van der Waals surface area contributed by atoms with Crippen LogP contribution in [0.5, 0.6) is 0 Å². The molecule has 3 rings (SSSR count). The first-order valence-electron chi connectivity index (χ1n) is 9.03. The van der Waals surface area contributed by atoms with E-state index in [1.165, 1.54) is 4.57 Å². The number of nitrogens with two attached hydrogens (primary N) is 1. The topological polar surface area (TPSA) is 118 Å². The van der Waals surface area contributed by atoms with Gasteiger partial charge in [0.25, 0.3) is 0 Å². The van der Waals surface area contributed by atoms with Crippen LogP contribution in [0.25, 0.3) is 23.0 Å². The highest BCUT2D eigenvalue weighted by atomic mass is 32.2. The van der Waals surface area contributed by atoms with Crippen LogP contribution in [-0.4, -0.2) is 41.6 Å². The minimum absolute atomic E-state index is 0.00137. The van der Waals surface area contributed by atoms with Gasteiger partial charge in [-0.25, -0.2) is 4.98 Å². The van der Waals surface area contributed by atoms with E-state index in [1.54, 1.807) is 20.0 Å². The van der Waals surface area contributed by atoms with Crippen LogP contribution in [0.15, 0.2) is 29.3 Å². The standard InChI is InChI=1S/C18H20F3N7OS/c1-4-23-11-9-13(30(29)5-2)14(25-15(11)22)17-27-26-16(28(17)3)12-8-10(6-7-24-12)18(19,20)21/h6-9,23H,4-5H2,1-3H3,(H2,22,25). The first-order valence-corrected chi connectivity index (χ1v) is 10.3. The van der Waals surface area contributed by atoms with E-state index in [4.69, 9.17) is 5.73 Å². The van der Waals surface area contributed by atoms with Gasteiger partial charge in [-0.15, -0.1) is 10.2 Å². The third kappa shape index (κ3) is 4.19. The van der Waals surface area contributed by atoms with Crippen LogP contribution in [0.2, 0.25) is 0 Å². The van der Waals surface area contributed by atoms with Crippen LogP contribution in [0, 0.1) is 0 Å². The first-order chi connectivity index (χ1) is 14.2. The number of halogens is 3. The monoisotopic (exact) mass is 439 g/mol. The summed E-state index contributed by atoms with van der Waals surface area (Å²) in [6, 6.07) is 3.43. The molecule has 0 aromatic carbocycles. The van der Waals surface area contributed by atoms with E-state index < -0.39 is 22.9 Å². The maximum absolute atomic E-state index is 13.0. The number of hydrogen-bond donors (Lipinski definition) is 2. The van der Waals surface area contributed by atoms with Gasteiger partial charge < -0.3 is 20.2 Å². The van der Waals surface area contributed by atoms with Gasteiger partial charge >= 0.3 is 6.18 Å². The molecule has 0 amide bonds. The molecule has 0 aliphatic rings. The van der Waals surface area contributed by atoms with Crippen LogP contribution >= 0.6 is 0 Å². The number of pyridine rings is 2. The quantitative estimate of drug-likeness (QED) is 0.567. The predicted molar refractivity (Wildman–Crippen MR) is 108 cm³/mol. The Bertz CT molecular complexity index is 1050. The summed E-state index contributed by atoms with van der Waals surface area (Å²) in [7, 11) is 1.57. The Morgan fingerprint density at radius 2 is 1.90 bits per heavy atom. The molecule has 0 saturated heterocycles. The highest BCUT2D eigenvalue weighted by molar-refractivity contribution is 7.91. The van der Waals surface area contributed by atoms with E-state index in [0.29, 0.717) is 22.9 Å². The fourth-order valence-electron chi connectivity index (χ4n) is 2.82. The number of nitrogens with one attached hydrogen (secondary N) is 1. The van der Waals surface area contributed by atoms with Crippen molar-refractivity contribution in [2.24, 2.45) is 7.05 Å². The second-order valence-corrected chi connectivity index (χ2v) is 7.97. The molecule has 0 spiro atoms. The van der Waals surface area contributed by atoms with Crippen LogP contribution in [0.3, 0.4) is 0 Å². The van der Waals surface area contributed by atoms with E-state index in [-0.39, 0.29) is 28.9 Å². The molecule has 3 N–H and O–H groups in total. The molecule has 0 radical (unpaired) electrons. The molecule has 0 aliphatic heterocycles. The predicted octanol–water partition coefficient (Wildman–Crippen LogP) is 3.10. The zero-order valence-electron chi connectivity index (χ0n) is 16.5. The average Bonchev–Trinajstić information content (AvgIpc) is 3.09. The van der Waals surface area contributed by atoms with Gasteiger partial charge in [0.1, 0.15) is 17.3 Å². The molecule has 12 heteroatoms. The second-order valence-electron chi connectivity index (χ2n) is 6.27. The SMILES string of the molecule is CCNc1cc([S+]([O-])CC)c(-c2nnc(-c3cc(C(F)(F)F)ccn3)n2C)nc1N. The molecule has 3 heterocycles. The smallest absolute Gasteiger partial charge is 0.416 e. The summed E-state index contributed by atoms with van der Waals surface area (Å²) in [5.74, 6) is 0.853. The Morgan fingerprint density at radius 1 is 1.20 bits per heavy atom. The minimum atomic E-state index is -4.51. The van der Waals surface area contributed by atoms with E-state index in [9.17, 15) is 17.7 Å². The normalized spacial score (nSPS) is 12.8. The van der Waals surface area contributed by atoms with Crippen molar-refractivity contribution in [3.63, 3.8) is 0 Å². The summed E-state index contributed by atoms with van der Waals surface area (Å²) in [5.41, 5.74) is 5.97. The van der Waals surface area contributed by atoms with Crippen LogP contribution in [0.1, 0.15) is 19.4 Å². The molecule has 3 aromatic rings. The lowest BCUT2D eigenvalue weighted by atomic mass is 10.2. The summed E-state index contributed by atoms with van der Waals surface area (Å²) >= 11 is -1.39. The number of hydrogen-bond acceptors (Lipinski definition) is 7. The van der Waals surface area contributed by atoms with Crippen LogP contribution in [0.4, 0.5) is 24.7 Å². The molecule has 0 saturated carbocycles. The largest absolute Gasteiger partial charge is 0.611 e. The van der Waals surface area contributed by atoms with Crippen molar-refractivity contribution in [3.05, 3.63) is 30.0 Å². The van der Waals surface area contributed by atoms with Gasteiger partial charge in [0, 0.05) is 25.9 Å². The summed E-state index contributed by atoms with van der Waals surface area (Å²) in [6.45, 7) is 4.25. The van der Waals surface area contributed by atoms with Gasteiger partial charge in [-0.3, -0.25) is 4.98 Å². The Morgan fingerprint density at radius 3 is 2.53 bits per heavy atom. The number of anilines is 2. The van der Waals surface area contributed by atoms with Gasteiger partial charge in [-0.1, -0.05) is 0 Å². The summed E-state index contributed by atoms with van der Waals surface area (Å²) in [5, 5.41) is 11.1. The molecule has 1 unspecified atom stereocenters. The number of nitrogens with zero attached hydrogens (tertiary/aromatic N) is 5. The van der Waals surface area contributed by atoms with Crippen molar-refractivity contribution in [2.75, 3.05) is 23.3 Å². The number of aromatic nitrogens is 5. The Hall–Kier alpha value is -2.86. The Kier molecular flexibility index (Phi) is 6.17. The molecule has 160 valence electrons. The fourth-order valence-corrected chi connectivity index (χ4v) is 3.73. The van der Waals surface area contributed by atoms with Crippen molar-refractivity contribution in [3.8, 4) is 23.0 Å². The van der Waals surface area contributed by atoms with Gasteiger partial charge in [0.15, 0.2) is 22.2 Å². The van der Waals surface area contributed by atoms with E-state index in [0.717, 1.165) is 18.3 Å². The lowest BCUT2D eigenvalue weighted by molar-refractivity contribution is -0.137. The molecule has 1 atom stereocenters. The summed E-state index contributed by atoms with van der Waals surface area (Å²) in [6.07, 6.45) is -3.45. The van der Waals surface area contributed by atoms with E-state index in [1.807, 2.05) is 6.92 Å². The molecule has 30 heavy (non-hydrogen) atoms. The van der Waals surface area contributed by atoms with Crippen molar-refractivity contribution in [1.82, 2.24) is 24.7 Å². The number of nitrogen functional groups attached to an aromatic ring is 1. The highest BCUT2D eigenvalue weighted by Gasteiger charge is 2.31. The zero-order chi connectivity index (χ0) is 22.1. The summed E-state index contributed by atoms with van der Waals surface area (Å²) in [4.78, 5) is 8.74. The van der Waals surface area contributed by atoms with Gasteiger partial charge in [0.2, 0.25) is 0 Å². The van der Waals surface area contributed by atoms with E-state index in [2.05, 4.69) is 25.5 Å². The Labute approximate surface area is 173 Å². The lowest BCUT2D eigenvalue weighted by Crippen LogP contribution is -2.12. The fraction of sp³-hybridized carbons (Fsp3) is 0.333. The minimum Gasteiger partial charge on any atom is -0.611 e. The maximum Gasteiger partial charge on any atom is 0.416 e. The highest BCUT2D eigenvalue weighted by Crippen LogP contribution is 2.34. The van der Waals surface area contributed by atoms with Crippen LogP contribution < -0.4 is 11.1 Å². The second kappa shape index (κ2) is 8.48. The third-order valence-electron chi connectivity index (χ3n) is 4.29. The number of alkyl halides is 3. The lowest BCUT2D eigenvalue weighted by Gasteiger charge is -2.15.